The monoisotopic (exact) mass is 566 g/mol. The van der Waals surface area contributed by atoms with Crippen molar-refractivity contribution in [1.29, 1.82) is 0 Å². The van der Waals surface area contributed by atoms with Crippen molar-refractivity contribution in [1.82, 2.24) is 0 Å². The Labute approximate surface area is 250 Å². The molecule has 4 aromatic rings. The van der Waals surface area contributed by atoms with Gasteiger partial charge in [-0.1, -0.05) is 72.8 Å². The first-order chi connectivity index (χ1) is 20.4. The Balaban J connectivity index is 1.22. The summed E-state index contributed by atoms with van der Waals surface area (Å²) >= 11 is 0. The third-order valence-electron chi connectivity index (χ3n) is 8.34. The van der Waals surface area contributed by atoms with Crippen molar-refractivity contribution in [2.75, 3.05) is 14.2 Å². The van der Waals surface area contributed by atoms with Crippen molar-refractivity contribution >= 4 is 0 Å². The zero-order valence-electron chi connectivity index (χ0n) is 25.0. The van der Waals surface area contributed by atoms with Gasteiger partial charge in [-0.3, -0.25) is 0 Å². The van der Waals surface area contributed by atoms with Crippen LogP contribution in [0.2, 0.25) is 0 Å². The van der Waals surface area contributed by atoms with Gasteiger partial charge in [-0.25, -0.2) is 0 Å². The Morgan fingerprint density at radius 3 is 1.74 bits per heavy atom. The van der Waals surface area contributed by atoms with Crippen LogP contribution in [-0.2, 0) is 6.42 Å². The van der Waals surface area contributed by atoms with E-state index in [9.17, 15) is 5.11 Å². The number of ether oxygens (including phenoxy) is 4. The van der Waals surface area contributed by atoms with Crippen LogP contribution in [0.1, 0.15) is 73.3 Å². The molecule has 5 heteroatoms. The number of aliphatic hydroxyl groups is 1. The zero-order chi connectivity index (χ0) is 29.5. The predicted octanol–water partition coefficient (Wildman–Crippen LogP) is 8.27. The average molecular weight is 567 g/mol. The SMILES string of the molecule is COc1cc([C@@H]2CC[C@H](c3ccc(O[C@H](C)C(O)c4ccccc4)c(OC)c3)C2)ccc1OC(C)Cc1ccccc1. The van der Waals surface area contributed by atoms with E-state index < -0.39 is 12.2 Å². The molecule has 1 aliphatic carbocycles. The highest BCUT2D eigenvalue weighted by Crippen LogP contribution is 2.46. The van der Waals surface area contributed by atoms with Crippen LogP contribution in [0.3, 0.4) is 0 Å². The van der Waals surface area contributed by atoms with Gasteiger partial charge in [0, 0.05) is 6.42 Å². The number of benzene rings is 4. The number of hydrogen-bond acceptors (Lipinski definition) is 5. The first-order valence-electron chi connectivity index (χ1n) is 14.9. The lowest BCUT2D eigenvalue weighted by molar-refractivity contribution is 0.0451. The molecule has 1 saturated carbocycles. The summed E-state index contributed by atoms with van der Waals surface area (Å²) in [5, 5.41) is 10.8. The van der Waals surface area contributed by atoms with Gasteiger partial charge in [-0.05, 0) is 91.5 Å². The van der Waals surface area contributed by atoms with E-state index in [0.29, 0.717) is 23.3 Å². The van der Waals surface area contributed by atoms with Gasteiger partial charge >= 0.3 is 0 Å². The van der Waals surface area contributed by atoms with Gasteiger partial charge in [0.05, 0.1) is 14.2 Å². The number of methoxy groups -OCH3 is 2. The van der Waals surface area contributed by atoms with Crippen LogP contribution < -0.4 is 18.9 Å². The third kappa shape index (κ3) is 7.08. The lowest BCUT2D eigenvalue weighted by Gasteiger charge is -2.23. The molecule has 0 heterocycles. The molecule has 5 rings (SSSR count). The van der Waals surface area contributed by atoms with Crippen LogP contribution in [0.5, 0.6) is 23.0 Å². The molecular formula is C37H42O5. The molecule has 0 bridgehead atoms. The highest BCUT2D eigenvalue weighted by molar-refractivity contribution is 5.46. The topological polar surface area (TPSA) is 57.2 Å². The van der Waals surface area contributed by atoms with Crippen molar-refractivity contribution in [3.05, 3.63) is 119 Å². The predicted molar refractivity (Wildman–Crippen MR) is 167 cm³/mol. The van der Waals surface area contributed by atoms with E-state index in [-0.39, 0.29) is 6.10 Å². The Kier molecular flexibility index (Phi) is 9.70. The van der Waals surface area contributed by atoms with Crippen LogP contribution in [0, 0.1) is 0 Å². The van der Waals surface area contributed by atoms with Crippen molar-refractivity contribution in [3.63, 3.8) is 0 Å². The van der Waals surface area contributed by atoms with E-state index in [1.807, 2.05) is 49.4 Å². The summed E-state index contributed by atoms with van der Waals surface area (Å²) in [6.07, 6.45) is 2.99. The van der Waals surface area contributed by atoms with Gasteiger partial charge in [-0.15, -0.1) is 0 Å². The quantitative estimate of drug-likeness (QED) is 0.187. The summed E-state index contributed by atoms with van der Waals surface area (Å²) in [6, 6.07) is 32.6. The van der Waals surface area contributed by atoms with Crippen LogP contribution >= 0.6 is 0 Å². The molecule has 0 saturated heterocycles. The molecule has 0 spiro atoms. The molecule has 0 radical (unpaired) electrons. The summed E-state index contributed by atoms with van der Waals surface area (Å²) in [5.41, 5.74) is 4.62. The maximum absolute atomic E-state index is 10.8. The highest BCUT2D eigenvalue weighted by Gasteiger charge is 2.29. The van der Waals surface area contributed by atoms with Crippen LogP contribution in [-0.4, -0.2) is 31.5 Å². The van der Waals surface area contributed by atoms with Gasteiger partial charge in [0.15, 0.2) is 23.0 Å². The zero-order valence-corrected chi connectivity index (χ0v) is 25.0. The standard InChI is InChI=1S/C37H42O5/c1-25(21-27-11-7-5-8-12-27)41-33-19-17-31(23-35(33)39-3)29-15-16-30(22-29)32-18-20-34(36(24-32)40-4)42-26(2)37(38)28-13-9-6-10-14-28/h5-14,17-20,23-26,29-30,37-38H,15-16,21-22H2,1-4H3/t25?,26-,29-,30+,37?/m1/s1. The molecule has 1 aliphatic rings. The molecule has 0 aliphatic heterocycles. The Hall–Kier alpha value is -3.96. The summed E-state index contributed by atoms with van der Waals surface area (Å²) < 4.78 is 23.9. The second-order valence-electron chi connectivity index (χ2n) is 11.3. The fourth-order valence-corrected chi connectivity index (χ4v) is 6.05. The van der Waals surface area contributed by atoms with E-state index in [0.717, 1.165) is 42.7 Å². The van der Waals surface area contributed by atoms with Crippen LogP contribution in [0.4, 0.5) is 0 Å². The fraction of sp³-hybridized carbons (Fsp3) is 0.351. The van der Waals surface area contributed by atoms with E-state index >= 15 is 0 Å². The maximum Gasteiger partial charge on any atom is 0.161 e. The molecule has 1 N–H and O–H groups in total. The van der Waals surface area contributed by atoms with E-state index in [1.54, 1.807) is 14.2 Å². The molecule has 1 fully saturated rings. The highest BCUT2D eigenvalue weighted by atomic mass is 16.5. The molecule has 42 heavy (non-hydrogen) atoms. The van der Waals surface area contributed by atoms with Crippen LogP contribution in [0.25, 0.3) is 0 Å². The molecule has 4 aromatic carbocycles. The summed E-state index contributed by atoms with van der Waals surface area (Å²) in [5.74, 6) is 3.77. The number of rotatable bonds is 12. The van der Waals surface area contributed by atoms with Gasteiger partial charge < -0.3 is 24.1 Å². The molecule has 5 atom stereocenters. The largest absolute Gasteiger partial charge is 0.493 e. The molecular weight excluding hydrogens is 524 g/mol. The van der Waals surface area contributed by atoms with E-state index in [2.05, 4.69) is 61.5 Å². The lowest BCUT2D eigenvalue weighted by Crippen LogP contribution is -2.22. The first-order valence-corrected chi connectivity index (χ1v) is 14.9. The molecule has 2 unspecified atom stereocenters. The third-order valence-corrected chi connectivity index (χ3v) is 8.34. The minimum atomic E-state index is -0.730. The normalized spacial score (nSPS) is 18.6. The summed E-state index contributed by atoms with van der Waals surface area (Å²) in [4.78, 5) is 0. The molecule has 0 aromatic heterocycles. The minimum Gasteiger partial charge on any atom is -0.493 e. The van der Waals surface area contributed by atoms with Gasteiger partial charge in [-0.2, -0.15) is 0 Å². The minimum absolute atomic E-state index is 0.0366. The summed E-state index contributed by atoms with van der Waals surface area (Å²) in [6.45, 7) is 3.97. The Morgan fingerprint density at radius 2 is 1.19 bits per heavy atom. The van der Waals surface area contributed by atoms with E-state index in [1.165, 1.54) is 16.7 Å². The molecule has 0 amide bonds. The molecule has 5 nitrogen and oxygen atoms in total. The van der Waals surface area contributed by atoms with Gasteiger partial charge in [0.1, 0.15) is 18.3 Å². The number of aliphatic hydroxyl groups excluding tert-OH is 1. The van der Waals surface area contributed by atoms with Gasteiger partial charge in [0.25, 0.3) is 0 Å². The fourth-order valence-electron chi connectivity index (χ4n) is 6.05. The smallest absolute Gasteiger partial charge is 0.161 e. The first kappa shape index (κ1) is 29.5. The van der Waals surface area contributed by atoms with Crippen molar-refractivity contribution < 1.29 is 24.1 Å². The second kappa shape index (κ2) is 13.8. The Bertz CT molecular complexity index is 1420. The average Bonchev–Trinajstić information content (AvgIpc) is 3.52. The second-order valence-corrected chi connectivity index (χ2v) is 11.3. The van der Waals surface area contributed by atoms with Crippen molar-refractivity contribution in [3.8, 4) is 23.0 Å². The van der Waals surface area contributed by atoms with Crippen LogP contribution in [0.15, 0.2) is 97.1 Å². The van der Waals surface area contributed by atoms with E-state index in [4.69, 9.17) is 18.9 Å². The Morgan fingerprint density at radius 1 is 0.667 bits per heavy atom. The van der Waals surface area contributed by atoms with Crippen molar-refractivity contribution in [2.45, 2.75) is 69.7 Å². The maximum atomic E-state index is 10.8. The van der Waals surface area contributed by atoms with Gasteiger partial charge in [0.2, 0.25) is 0 Å². The molecule has 220 valence electrons. The lowest BCUT2D eigenvalue weighted by atomic mass is 9.92. The summed E-state index contributed by atoms with van der Waals surface area (Å²) in [7, 11) is 3.37. The number of hydrogen-bond donors (Lipinski definition) is 1. The van der Waals surface area contributed by atoms with Crippen molar-refractivity contribution in [2.24, 2.45) is 0 Å².